The number of benzene rings is 2. The highest BCUT2D eigenvalue weighted by molar-refractivity contribution is 5.80. The van der Waals surface area contributed by atoms with Gasteiger partial charge in [-0.2, -0.15) is 0 Å². The summed E-state index contributed by atoms with van der Waals surface area (Å²) in [5.41, 5.74) is 6.16. The summed E-state index contributed by atoms with van der Waals surface area (Å²) in [5.74, 6) is -0.921. The zero-order chi connectivity index (χ0) is 20.7. The van der Waals surface area contributed by atoms with E-state index < -0.39 is 24.6 Å². The number of ether oxygens (including phenoxy) is 4. The number of carbonyl (C=O) groups excluding carboxylic acids is 1. The lowest BCUT2D eigenvalue weighted by Gasteiger charge is -2.16. The van der Waals surface area contributed by atoms with E-state index in [-0.39, 0.29) is 23.9 Å². The Labute approximate surface area is 161 Å². The van der Waals surface area contributed by atoms with Crippen molar-refractivity contribution in [2.24, 2.45) is 5.73 Å². The van der Waals surface area contributed by atoms with Crippen LogP contribution in [0, 0.1) is 0 Å². The number of aliphatic carboxylic acids is 1. The molecule has 1 atom stereocenters. The first-order valence-corrected chi connectivity index (χ1v) is 8.15. The zero-order valence-electron chi connectivity index (χ0n) is 15.4. The molecule has 4 N–H and O–H groups in total. The molecule has 9 heteroatoms. The van der Waals surface area contributed by atoms with Crippen LogP contribution in [0.5, 0.6) is 23.0 Å². The first-order valence-electron chi connectivity index (χ1n) is 8.15. The van der Waals surface area contributed by atoms with Gasteiger partial charge < -0.3 is 34.9 Å². The number of nitrogens with two attached hydrogens (primary N) is 1. The lowest BCUT2D eigenvalue weighted by atomic mass is 10.1. The first kappa shape index (κ1) is 20.8. The summed E-state index contributed by atoms with van der Waals surface area (Å²) in [6.07, 6.45) is -1.38. The largest absolute Gasteiger partial charge is 0.496 e. The molecule has 0 aliphatic rings. The maximum atomic E-state index is 11.0. The molecule has 9 nitrogen and oxygen atoms in total. The Kier molecular flexibility index (Phi) is 7.05. The van der Waals surface area contributed by atoms with E-state index >= 15 is 0 Å². The average Bonchev–Trinajstić information content (AvgIpc) is 2.69. The van der Waals surface area contributed by atoms with E-state index in [9.17, 15) is 14.7 Å². The molecule has 28 heavy (non-hydrogen) atoms. The van der Waals surface area contributed by atoms with Crippen molar-refractivity contribution in [2.45, 2.75) is 12.7 Å². The van der Waals surface area contributed by atoms with Crippen molar-refractivity contribution in [3.63, 3.8) is 0 Å². The maximum Gasteiger partial charge on any atom is 0.341 e. The highest BCUT2D eigenvalue weighted by Crippen LogP contribution is 2.41. The molecule has 0 radical (unpaired) electrons. The summed E-state index contributed by atoms with van der Waals surface area (Å²) in [4.78, 5) is 21.9. The third kappa shape index (κ3) is 5.27. The van der Waals surface area contributed by atoms with Crippen LogP contribution in [0.1, 0.15) is 17.2 Å². The summed E-state index contributed by atoms with van der Waals surface area (Å²) in [6.45, 7) is -0.467. The molecule has 0 fully saturated rings. The molecule has 0 heterocycles. The van der Waals surface area contributed by atoms with Gasteiger partial charge in [-0.25, -0.2) is 4.79 Å². The fourth-order valence-electron chi connectivity index (χ4n) is 2.33. The topological polar surface area (TPSA) is 138 Å². The number of carbonyl (C=O) groups is 2. The van der Waals surface area contributed by atoms with Gasteiger partial charge in [-0.05, 0) is 11.1 Å². The lowest BCUT2D eigenvalue weighted by molar-refractivity contribution is -0.139. The van der Waals surface area contributed by atoms with E-state index in [0.717, 1.165) is 5.56 Å². The van der Waals surface area contributed by atoms with Gasteiger partial charge in [0, 0.05) is 12.1 Å². The van der Waals surface area contributed by atoms with Crippen LogP contribution < -0.4 is 24.7 Å². The van der Waals surface area contributed by atoms with Crippen LogP contribution in [0.2, 0.25) is 0 Å². The Morgan fingerprint density at radius 3 is 2.21 bits per heavy atom. The van der Waals surface area contributed by atoms with E-state index in [4.69, 9.17) is 29.8 Å². The van der Waals surface area contributed by atoms with Crippen LogP contribution in [-0.4, -0.2) is 42.9 Å². The molecule has 2 rings (SSSR count). The second-order valence-electron chi connectivity index (χ2n) is 5.67. The molecule has 2 aromatic rings. The Hall–Kier alpha value is -3.46. The highest BCUT2D eigenvalue weighted by Gasteiger charge is 2.17. The van der Waals surface area contributed by atoms with E-state index in [1.165, 1.54) is 14.2 Å². The molecular weight excluding hydrogens is 370 g/mol. The van der Waals surface area contributed by atoms with Gasteiger partial charge in [0.15, 0.2) is 24.2 Å². The molecule has 0 saturated heterocycles. The first-order chi connectivity index (χ1) is 13.3. The molecule has 0 aliphatic carbocycles. The number of amides is 1. The summed E-state index contributed by atoms with van der Waals surface area (Å²) >= 11 is 0. The maximum absolute atomic E-state index is 11.0. The number of hydrogen-bond donors (Lipinski definition) is 3. The van der Waals surface area contributed by atoms with Crippen LogP contribution in [0.25, 0.3) is 0 Å². The predicted octanol–water partition coefficient (Wildman–Crippen LogP) is 1.26. The van der Waals surface area contributed by atoms with Crippen LogP contribution in [0.3, 0.4) is 0 Å². The summed E-state index contributed by atoms with van der Waals surface area (Å²) in [6, 6.07) is 9.53. The minimum Gasteiger partial charge on any atom is -0.496 e. The number of primary amides is 1. The minimum absolute atomic E-state index is 0.104. The second kappa shape index (κ2) is 9.47. The summed E-state index contributed by atoms with van der Waals surface area (Å²) in [7, 11) is 2.88. The van der Waals surface area contributed by atoms with E-state index in [2.05, 4.69) is 0 Å². The smallest absolute Gasteiger partial charge is 0.341 e. The van der Waals surface area contributed by atoms with Crippen LogP contribution in [0.15, 0.2) is 36.4 Å². The third-order valence-corrected chi connectivity index (χ3v) is 3.75. The molecule has 1 unspecified atom stereocenters. The SMILES string of the molecule is COc1cc(OC)c(OCC(=O)O)c(OCc2ccc(C(O)C(N)=O)cc2)c1. The molecule has 0 saturated carbocycles. The van der Waals surface area contributed by atoms with Crippen molar-refractivity contribution in [1.29, 1.82) is 0 Å². The van der Waals surface area contributed by atoms with E-state index in [0.29, 0.717) is 11.3 Å². The number of aliphatic hydroxyl groups is 1. The van der Waals surface area contributed by atoms with Crippen molar-refractivity contribution in [3.8, 4) is 23.0 Å². The summed E-state index contributed by atoms with van der Waals surface area (Å²) in [5, 5.41) is 18.5. The Morgan fingerprint density at radius 1 is 1.04 bits per heavy atom. The van der Waals surface area contributed by atoms with Gasteiger partial charge in [-0.15, -0.1) is 0 Å². The van der Waals surface area contributed by atoms with Crippen molar-refractivity contribution < 1.29 is 38.7 Å². The van der Waals surface area contributed by atoms with Crippen molar-refractivity contribution in [3.05, 3.63) is 47.5 Å². The second-order valence-corrected chi connectivity index (χ2v) is 5.67. The number of carboxylic acid groups (broad SMARTS) is 1. The normalized spacial score (nSPS) is 11.4. The van der Waals surface area contributed by atoms with Crippen LogP contribution >= 0.6 is 0 Å². The van der Waals surface area contributed by atoms with Crippen molar-refractivity contribution in [1.82, 2.24) is 0 Å². The van der Waals surface area contributed by atoms with Crippen LogP contribution in [-0.2, 0) is 16.2 Å². The zero-order valence-corrected chi connectivity index (χ0v) is 15.4. The van der Waals surface area contributed by atoms with E-state index in [1.54, 1.807) is 36.4 Å². The number of carboxylic acids is 1. The van der Waals surface area contributed by atoms with Gasteiger partial charge in [0.05, 0.1) is 14.2 Å². The molecular formula is C19H21NO8. The molecule has 1 amide bonds. The Morgan fingerprint density at radius 2 is 1.68 bits per heavy atom. The third-order valence-electron chi connectivity index (χ3n) is 3.75. The fourth-order valence-corrected chi connectivity index (χ4v) is 2.33. The molecule has 0 aromatic heterocycles. The monoisotopic (exact) mass is 391 g/mol. The van der Waals surface area contributed by atoms with Gasteiger partial charge in [0.1, 0.15) is 12.4 Å². The number of rotatable bonds is 10. The molecule has 0 spiro atoms. The highest BCUT2D eigenvalue weighted by atomic mass is 16.6. The Balaban J connectivity index is 2.21. The van der Waals surface area contributed by atoms with Gasteiger partial charge >= 0.3 is 5.97 Å². The molecule has 150 valence electrons. The standard InChI is InChI=1S/C19H21NO8/c1-25-13-7-14(26-2)18(28-10-16(21)22)15(8-13)27-9-11-3-5-12(6-4-11)17(23)19(20)24/h3-8,17,23H,9-10H2,1-2H3,(H2,20,24)(H,21,22). The van der Waals surface area contributed by atoms with Gasteiger partial charge in [-0.1, -0.05) is 24.3 Å². The van der Waals surface area contributed by atoms with E-state index in [1.807, 2.05) is 0 Å². The number of hydrogen-bond acceptors (Lipinski definition) is 7. The molecule has 2 aromatic carbocycles. The van der Waals surface area contributed by atoms with Gasteiger partial charge in [0.25, 0.3) is 5.91 Å². The van der Waals surface area contributed by atoms with Gasteiger partial charge in [-0.3, -0.25) is 4.79 Å². The van der Waals surface area contributed by atoms with Crippen LogP contribution in [0.4, 0.5) is 0 Å². The summed E-state index contributed by atoms with van der Waals surface area (Å²) < 4.78 is 21.5. The predicted molar refractivity (Wildman–Crippen MR) is 97.6 cm³/mol. The van der Waals surface area contributed by atoms with Gasteiger partial charge in [0.2, 0.25) is 5.75 Å². The van der Waals surface area contributed by atoms with Crippen molar-refractivity contribution >= 4 is 11.9 Å². The number of aliphatic hydroxyl groups excluding tert-OH is 1. The quantitative estimate of drug-likeness (QED) is 0.550. The van der Waals surface area contributed by atoms with Crippen molar-refractivity contribution in [2.75, 3.05) is 20.8 Å². The average molecular weight is 391 g/mol. The minimum atomic E-state index is -1.38. The molecule has 0 bridgehead atoms. The lowest BCUT2D eigenvalue weighted by Crippen LogP contribution is -2.20. The Bertz CT molecular complexity index is 835. The number of methoxy groups -OCH3 is 2. The fraction of sp³-hybridized carbons (Fsp3) is 0.263. The molecule has 0 aliphatic heterocycles.